The van der Waals surface area contributed by atoms with Gasteiger partial charge in [0.05, 0.1) is 24.6 Å². The van der Waals surface area contributed by atoms with Gasteiger partial charge in [0.25, 0.3) is 20.2 Å². The second-order valence-corrected chi connectivity index (χ2v) is 10.1. The Morgan fingerprint density at radius 1 is 1.08 bits per heavy atom. The van der Waals surface area contributed by atoms with Gasteiger partial charge in [-0.25, -0.2) is 47.0 Å². The van der Waals surface area contributed by atoms with Gasteiger partial charge < -0.3 is 5.11 Å². The monoisotopic (exact) mass is 559 g/mol. The van der Waals surface area contributed by atoms with E-state index in [1.54, 1.807) is 6.92 Å². The van der Waals surface area contributed by atoms with Crippen molar-refractivity contribution in [3.8, 4) is 11.3 Å². The molecule has 12 nitrogen and oxygen atoms in total. The highest BCUT2D eigenvalue weighted by Crippen LogP contribution is 2.42. The molecule has 4 N–H and O–H groups in total. The SMILES string of the molecule is C[C@@H](c1ncncc1F)[C@](O)(CN1C=NCN1)c1ccc(F)cc1-c1ncncc1F.O=S(O)S(=O)O. The van der Waals surface area contributed by atoms with Gasteiger partial charge in [0.1, 0.15) is 42.8 Å². The summed E-state index contributed by atoms with van der Waals surface area (Å²) in [6, 6.07) is 3.53. The number of nitrogens with one attached hydrogen (secondary N) is 1. The fraction of sp³-hybridized carbons (Fsp3) is 0.250. The number of hydrazine groups is 1. The molecule has 0 saturated carbocycles. The van der Waals surface area contributed by atoms with Crippen LogP contribution in [0, 0.1) is 17.5 Å². The van der Waals surface area contributed by atoms with Crippen LogP contribution in [0.3, 0.4) is 0 Å². The highest BCUT2D eigenvalue weighted by Gasteiger charge is 2.43. The molecule has 2 unspecified atom stereocenters. The molecular formula is C20H20F3N7O5S2. The van der Waals surface area contributed by atoms with E-state index < -0.39 is 49.2 Å². The fourth-order valence-electron chi connectivity index (χ4n) is 3.59. The molecule has 4 atom stereocenters. The third-order valence-corrected chi connectivity index (χ3v) is 6.29. The largest absolute Gasteiger partial charge is 0.383 e. The van der Waals surface area contributed by atoms with E-state index in [1.165, 1.54) is 23.7 Å². The zero-order chi connectivity index (χ0) is 27.2. The van der Waals surface area contributed by atoms with Crippen molar-refractivity contribution in [3.63, 3.8) is 0 Å². The first-order valence-electron chi connectivity index (χ1n) is 10.2. The van der Waals surface area contributed by atoms with Gasteiger partial charge >= 0.3 is 0 Å². The van der Waals surface area contributed by atoms with E-state index >= 15 is 0 Å². The summed E-state index contributed by atoms with van der Waals surface area (Å²) in [5.74, 6) is -3.10. The highest BCUT2D eigenvalue weighted by atomic mass is 33.2. The number of β-amino-alcohol motifs (C(OH)–C–C–N with tert-alkyl or cyclic N) is 1. The molecule has 0 bridgehead atoms. The molecule has 1 aromatic carbocycles. The van der Waals surface area contributed by atoms with Crippen molar-refractivity contribution in [1.82, 2.24) is 30.4 Å². The number of benzene rings is 1. The topological polar surface area (TPSA) is 174 Å². The van der Waals surface area contributed by atoms with E-state index in [2.05, 4.69) is 30.4 Å². The average molecular weight is 560 g/mol. The number of hydrogen-bond acceptors (Lipinski definition) is 10. The summed E-state index contributed by atoms with van der Waals surface area (Å²) in [5, 5.41) is 13.5. The molecule has 3 heterocycles. The van der Waals surface area contributed by atoms with Gasteiger partial charge in [0, 0.05) is 11.5 Å². The van der Waals surface area contributed by atoms with Crippen LogP contribution < -0.4 is 5.43 Å². The molecule has 0 radical (unpaired) electrons. The second-order valence-electron chi connectivity index (χ2n) is 7.49. The summed E-state index contributed by atoms with van der Waals surface area (Å²) >= 11 is 0. The summed E-state index contributed by atoms with van der Waals surface area (Å²) < 4.78 is 76.8. The first kappa shape index (κ1) is 28.4. The quantitative estimate of drug-likeness (QED) is 0.244. The zero-order valence-electron chi connectivity index (χ0n) is 18.9. The summed E-state index contributed by atoms with van der Waals surface area (Å²) in [5.41, 5.74) is 0.983. The Morgan fingerprint density at radius 2 is 1.73 bits per heavy atom. The van der Waals surface area contributed by atoms with E-state index in [-0.39, 0.29) is 29.1 Å². The normalized spacial score (nSPS) is 16.9. The third kappa shape index (κ3) is 6.76. The smallest absolute Gasteiger partial charge is 0.274 e. The van der Waals surface area contributed by atoms with Gasteiger partial charge in [-0.1, -0.05) is 13.0 Å². The summed E-state index contributed by atoms with van der Waals surface area (Å²) in [6.07, 6.45) is 5.69. The van der Waals surface area contributed by atoms with Gasteiger partial charge in [-0.2, -0.15) is 0 Å². The van der Waals surface area contributed by atoms with Crippen LogP contribution in [-0.4, -0.2) is 67.1 Å². The Morgan fingerprint density at radius 3 is 2.30 bits per heavy atom. The van der Waals surface area contributed by atoms with Crippen LogP contribution in [0.25, 0.3) is 11.3 Å². The number of aliphatic imine (C=N–C) groups is 1. The lowest BCUT2D eigenvalue weighted by Gasteiger charge is -2.38. The number of aromatic nitrogens is 4. The van der Waals surface area contributed by atoms with Crippen molar-refractivity contribution in [2.45, 2.75) is 18.4 Å². The number of aliphatic hydroxyl groups is 1. The number of rotatable bonds is 7. The fourth-order valence-corrected chi connectivity index (χ4v) is 3.59. The van der Waals surface area contributed by atoms with E-state index in [0.29, 0.717) is 6.67 Å². The van der Waals surface area contributed by atoms with Crippen LogP contribution in [0.1, 0.15) is 24.1 Å². The van der Waals surface area contributed by atoms with Gasteiger partial charge in [0.2, 0.25) is 0 Å². The van der Waals surface area contributed by atoms with Crippen molar-refractivity contribution in [2.75, 3.05) is 13.2 Å². The summed E-state index contributed by atoms with van der Waals surface area (Å²) in [7, 11) is -5.18. The molecular weight excluding hydrogens is 539 g/mol. The molecule has 17 heteroatoms. The average Bonchev–Trinajstić information content (AvgIpc) is 3.37. The third-order valence-electron chi connectivity index (χ3n) is 5.31. The Bertz CT molecular complexity index is 1330. The van der Waals surface area contributed by atoms with E-state index in [4.69, 9.17) is 9.11 Å². The molecule has 2 aromatic heterocycles. The molecule has 0 spiro atoms. The predicted octanol–water partition coefficient (Wildman–Crippen LogP) is 1.49. The molecule has 1 aliphatic rings. The molecule has 0 fully saturated rings. The van der Waals surface area contributed by atoms with Gasteiger partial charge in [-0.15, -0.1) is 0 Å². The van der Waals surface area contributed by atoms with Crippen molar-refractivity contribution in [2.24, 2.45) is 4.99 Å². The molecule has 4 rings (SSSR count). The van der Waals surface area contributed by atoms with Crippen molar-refractivity contribution in [1.29, 1.82) is 0 Å². The molecule has 1 aliphatic heterocycles. The van der Waals surface area contributed by atoms with E-state index in [9.17, 15) is 26.7 Å². The summed E-state index contributed by atoms with van der Waals surface area (Å²) in [4.78, 5) is 19.2. The maximum absolute atomic E-state index is 14.5. The first-order chi connectivity index (χ1) is 17.5. The van der Waals surface area contributed by atoms with Crippen molar-refractivity contribution < 1.29 is 35.8 Å². The molecule has 37 heavy (non-hydrogen) atoms. The van der Waals surface area contributed by atoms with E-state index in [1.807, 2.05) is 0 Å². The Balaban J connectivity index is 0.000000568. The minimum Gasteiger partial charge on any atom is -0.383 e. The van der Waals surface area contributed by atoms with Crippen LogP contribution >= 0.6 is 0 Å². The lowest BCUT2D eigenvalue weighted by molar-refractivity contribution is -0.0135. The lowest BCUT2D eigenvalue weighted by atomic mass is 9.77. The highest BCUT2D eigenvalue weighted by molar-refractivity contribution is 8.56. The second kappa shape index (κ2) is 12.3. The maximum Gasteiger partial charge on any atom is 0.274 e. The minimum atomic E-state index is -2.59. The van der Waals surface area contributed by atoms with E-state index in [0.717, 1.165) is 30.9 Å². The first-order valence-corrected chi connectivity index (χ1v) is 12.9. The minimum absolute atomic E-state index is 0.0138. The van der Waals surface area contributed by atoms with Crippen LogP contribution in [0.4, 0.5) is 13.2 Å². The zero-order valence-corrected chi connectivity index (χ0v) is 20.5. The Hall–Kier alpha value is -3.22. The van der Waals surface area contributed by atoms with Gasteiger partial charge in [0.15, 0.2) is 11.6 Å². The van der Waals surface area contributed by atoms with Crippen LogP contribution in [0.2, 0.25) is 0 Å². The summed E-state index contributed by atoms with van der Waals surface area (Å²) in [6.45, 7) is 1.75. The van der Waals surface area contributed by atoms with Gasteiger partial charge in [-0.3, -0.25) is 19.1 Å². The molecule has 3 aromatic rings. The van der Waals surface area contributed by atoms with Crippen LogP contribution in [-0.2, 0) is 25.8 Å². The molecule has 0 amide bonds. The Kier molecular flexibility index (Phi) is 9.46. The number of nitrogens with zero attached hydrogens (tertiary/aromatic N) is 6. The molecule has 198 valence electrons. The van der Waals surface area contributed by atoms with Gasteiger partial charge in [-0.05, 0) is 17.7 Å². The van der Waals surface area contributed by atoms with Crippen molar-refractivity contribution in [3.05, 3.63) is 72.0 Å². The van der Waals surface area contributed by atoms with Crippen molar-refractivity contribution >= 4 is 26.6 Å². The maximum atomic E-state index is 14.5. The standard InChI is InChI=1S/C20H18F3N7O.H2O4S2/c1-12(18-16(22)5-24-8-27-18)20(31,7-30-11-26-10-29-30)15-3-2-13(21)4-14(15)19-17(23)6-25-9-28-19;1-5(2)6(3)4/h2-6,8-9,11-12,29,31H,7,10H2,1H3;(H,1,2)(H,3,4)/t12-,20+;/m0./s1. The number of hydrogen-bond donors (Lipinski definition) is 4. The lowest BCUT2D eigenvalue weighted by Crippen LogP contribution is -2.47. The molecule has 0 saturated heterocycles. The molecule has 0 aliphatic carbocycles. The Labute approximate surface area is 212 Å². The number of halogens is 3. The predicted molar refractivity (Wildman–Crippen MR) is 126 cm³/mol. The van der Waals surface area contributed by atoms with Crippen LogP contribution in [0.15, 0.2) is 48.2 Å². The van der Waals surface area contributed by atoms with Crippen LogP contribution in [0.5, 0.6) is 0 Å².